The Morgan fingerprint density at radius 2 is 2.10 bits per heavy atom. The van der Waals surface area contributed by atoms with Crippen LogP contribution in [0.5, 0.6) is 0 Å². The van der Waals surface area contributed by atoms with E-state index in [2.05, 4.69) is 16.5 Å². The number of hydrogen-bond acceptors (Lipinski definition) is 1. The zero-order valence-corrected chi connectivity index (χ0v) is 13.6. The molecule has 1 unspecified atom stereocenters. The zero-order valence-electron chi connectivity index (χ0n) is 12.1. The van der Waals surface area contributed by atoms with E-state index in [0.717, 1.165) is 16.9 Å². The summed E-state index contributed by atoms with van der Waals surface area (Å²) in [5, 5.41) is 0.123. The molecule has 0 amide bonds. The summed E-state index contributed by atoms with van der Waals surface area (Å²) < 4.78 is 16.0. The highest BCUT2D eigenvalue weighted by Crippen LogP contribution is 2.37. The molecule has 0 saturated heterocycles. The van der Waals surface area contributed by atoms with E-state index >= 15 is 0 Å². The standard InChI is InChI=1S/C16H19Cl2FN2/c1-10(11-4-2-3-5-11)21-15-9-13(19)12(18)8-14(15)20-16(21)6-7-17/h8-11H,2-7H2,1H3. The first-order valence-corrected chi connectivity index (χ1v) is 8.45. The Bertz CT molecular complexity index is 647. The van der Waals surface area contributed by atoms with Gasteiger partial charge in [-0.1, -0.05) is 24.4 Å². The fourth-order valence-corrected chi connectivity index (χ4v) is 3.83. The second-order valence-electron chi connectivity index (χ2n) is 5.88. The van der Waals surface area contributed by atoms with Gasteiger partial charge in [0.05, 0.1) is 16.1 Å². The van der Waals surface area contributed by atoms with Crippen LogP contribution < -0.4 is 0 Å². The Kier molecular flexibility index (Phi) is 4.41. The van der Waals surface area contributed by atoms with Gasteiger partial charge in [0.1, 0.15) is 11.6 Å². The maximum absolute atomic E-state index is 13.9. The lowest BCUT2D eigenvalue weighted by molar-refractivity contribution is 0.360. The Morgan fingerprint density at radius 1 is 1.38 bits per heavy atom. The van der Waals surface area contributed by atoms with Crippen molar-refractivity contribution in [1.82, 2.24) is 9.55 Å². The minimum atomic E-state index is -0.388. The lowest BCUT2D eigenvalue weighted by Gasteiger charge is -2.23. The van der Waals surface area contributed by atoms with Crippen LogP contribution in [0, 0.1) is 11.7 Å². The molecule has 0 spiro atoms. The monoisotopic (exact) mass is 328 g/mol. The highest BCUT2D eigenvalue weighted by molar-refractivity contribution is 6.31. The molecule has 1 fully saturated rings. The number of aromatic nitrogens is 2. The summed E-state index contributed by atoms with van der Waals surface area (Å²) in [5.41, 5.74) is 1.59. The number of hydrogen-bond donors (Lipinski definition) is 0. The summed E-state index contributed by atoms with van der Waals surface area (Å²) in [7, 11) is 0. The third kappa shape index (κ3) is 2.78. The number of aryl methyl sites for hydroxylation is 1. The average Bonchev–Trinajstić information content (AvgIpc) is 3.07. The van der Waals surface area contributed by atoms with Crippen LogP contribution in [-0.2, 0) is 6.42 Å². The van der Waals surface area contributed by atoms with Gasteiger partial charge in [-0.2, -0.15) is 0 Å². The van der Waals surface area contributed by atoms with Crippen molar-refractivity contribution in [2.24, 2.45) is 5.92 Å². The van der Waals surface area contributed by atoms with Crippen molar-refractivity contribution < 1.29 is 4.39 Å². The van der Waals surface area contributed by atoms with Crippen LogP contribution in [0.4, 0.5) is 4.39 Å². The minimum Gasteiger partial charge on any atom is -0.325 e. The quantitative estimate of drug-likeness (QED) is 0.690. The molecule has 1 aliphatic carbocycles. The second kappa shape index (κ2) is 6.13. The third-order valence-electron chi connectivity index (χ3n) is 4.61. The number of nitrogens with zero attached hydrogens (tertiary/aromatic N) is 2. The van der Waals surface area contributed by atoms with Crippen molar-refractivity contribution in [2.75, 3.05) is 5.88 Å². The Balaban J connectivity index is 2.12. The third-order valence-corrected chi connectivity index (χ3v) is 5.09. The normalized spacial score (nSPS) is 17.7. The highest BCUT2D eigenvalue weighted by atomic mass is 35.5. The molecule has 2 nitrogen and oxygen atoms in total. The lowest BCUT2D eigenvalue weighted by Crippen LogP contribution is -2.17. The molecule has 21 heavy (non-hydrogen) atoms. The first kappa shape index (κ1) is 15.1. The van der Waals surface area contributed by atoms with Crippen molar-refractivity contribution in [1.29, 1.82) is 0 Å². The Morgan fingerprint density at radius 3 is 2.76 bits per heavy atom. The fraction of sp³-hybridized carbons (Fsp3) is 0.562. The molecular formula is C16H19Cl2FN2. The topological polar surface area (TPSA) is 17.8 Å². The number of alkyl halides is 1. The van der Waals surface area contributed by atoms with Gasteiger partial charge in [0.25, 0.3) is 0 Å². The molecule has 3 rings (SSSR count). The molecule has 1 heterocycles. The molecule has 114 valence electrons. The van der Waals surface area contributed by atoms with Crippen LogP contribution in [0.1, 0.15) is 44.5 Å². The minimum absolute atomic E-state index is 0.123. The molecule has 0 bridgehead atoms. The van der Waals surface area contributed by atoms with Crippen LogP contribution in [0.2, 0.25) is 5.02 Å². The van der Waals surface area contributed by atoms with E-state index in [9.17, 15) is 4.39 Å². The fourth-order valence-electron chi connectivity index (χ4n) is 3.51. The number of fused-ring (bicyclic) bond motifs is 1. The highest BCUT2D eigenvalue weighted by Gasteiger charge is 2.26. The second-order valence-corrected chi connectivity index (χ2v) is 6.66. The molecule has 1 atom stereocenters. The van der Waals surface area contributed by atoms with E-state index in [4.69, 9.17) is 23.2 Å². The van der Waals surface area contributed by atoms with E-state index in [1.165, 1.54) is 31.7 Å². The van der Waals surface area contributed by atoms with Gasteiger partial charge in [0.2, 0.25) is 0 Å². The van der Waals surface area contributed by atoms with Crippen LogP contribution in [-0.4, -0.2) is 15.4 Å². The maximum Gasteiger partial charge on any atom is 0.144 e. The van der Waals surface area contributed by atoms with Crippen molar-refractivity contribution in [3.05, 3.63) is 28.8 Å². The van der Waals surface area contributed by atoms with Crippen LogP contribution in [0.3, 0.4) is 0 Å². The lowest BCUT2D eigenvalue weighted by atomic mass is 9.99. The summed E-state index contributed by atoms with van der Waals surface area (Å²) in [5.74, 6) is 1.69. The van der Waals surface area contributed by atoms with Crippen molar-refractivity contribution in [3.63, 3.8) is 0 Å². The van der Waals surface area contributed by atoms with Gasteiger partial charge in [0, 0.05) is 24.4 Å². The van der Waals surface area contributed by atoms with Gasteiger partial charge < -0.3 is 4.57 Å². The van der Waals surface area contributed by atoms with Crippen molar-refractivity contribution in [3.8, 4) is 0 Å². The predicted molar refractivity (Wildman–Crippen MR) is 85.8 cm³/mol. The van der Waals surface area contributed by atoms with Crippen LogP contribution in [0.25, 0.3) is 11.0 Å². The zero-order chi connectivity index (χ0) is 15.0. The molecule has 1 aliphatic rings. The molecule has 2 aromatic rings. The molecule has 1 aromatic carbocycles. The number of halogens is 3. The van der Waals surface area contributed by atoms with E-state index in [1.54, 1.807) is 6.07 Å². The Labute approximate surface area is 134 Å². The largest absolute Gasteiger partial charge is 0.325 e. The number of benzene rings is 1. The van der Waals surface area contributed by atoms with Gasteiger partial charge >= 0.3 is 0 Å². The smallest absolute Gasteiger partial charge is 0.144 e. The summed E-state index contributed by atoms with van der Waals surface area (Å²) in [6.07, 6.45) is 5.72. The van der Waals surface area contributed by atoms with Gasteiger partial charge in [-0.3, -0.25) is 0 Å². The first-order chi connectivity index (χ1) is 10.1. The molecular weight excluding hydrogens is 310 g/mol. The summed E-state index contributed by atoms with van der Waals surface area (Å²) in [6, 6.07) is 3.44. The van der Waals surface area contributed by atoms with Gasteiger partial charge in [-0.15, -0.1) is 11.6 Å². The molecule has 5 heteroatoms. The SMILES string of the molecule is CC(C1CCCC1)n1c(CCCl)nc2cc(Cl)c(F)cc21. The number of imidazole rings is 1. The van der Waals surface area contributed by atoms with Gasteiger partial charge in [0.15, 0.2) is 0 Å². The van der Waals surface area contributed by atoms with E-state index in [0.29, 0.717) is 24.3 Å². The van der Waals surface area contributed by atoms with Crippen LogP contribution in [0.15, 0.2) is 12.1 Å². The van der Waals surface area contributed by atoms with E-state index < -0.39 is 0 Å². The first-order valence-electron chi connectivity index (χ1n) is 7.53. The number of rotatable bonds is 4. The van der Waals surface area contributed by atoms with Gasteiger partial charge in [-0.25, -0.2) is 9.37 Å². The maximum atomic E-state index is 13.9. The van der Waals surface area contributed by atoms with E-state index in [1.807, 2.05) is 0 Å². The van der Waals surface area contributed by atoms with Crippen molar-refractivity contribution >= 4 is 34.2 Å². The van der Waals surface area contributed by atoms with Crippen molar-refractivity contribution in [2.45, 2.75) is 45.1 Å². The molecule has 0 N–H and O–H groups in total. The average molecular weight is 329 g/mol. The predicted octanol–water partition coefficient (Wildman–Crippen LogP) is 5.36. The summed E-state index contributed by atoms with van der Waals surface area (Å²) >= 11 is 11.8. The van der Waals surface area contributed by atoms with Crippen LogP contribution >= 0.6 is 23.2 Å². The molecule has 1 saturated carbocycles. The molecule has 0 aliphatic heterocycles. The molecule has 1 aromatic heterocycles. The summed E-state index contributed by atoms with van der Waals surface area (Å²) in [6.45, 7) is 2.21. The molecule has 0 radical (unpaired) electrons. The van der Waals surface area contributed by atoms with E-state index in [-0.39, 0.29) is 10.8 Å². The Hall–Kier alpha value is -0.800. The summed E-state index contributed by atoms with van der Waals surface area (Å²) in [4.78, 5) is 4.62. The van der Waals surface area contributed by atoms with Gasteiger partial charge in [-0.05, 0) is 31.7 Å².